The normalized spacial score (nSPS) is 12.7. The average molecular weight is 321 g/mol. The molecule has 0 radical (unpaired) electrons. The number of esters is 1. The number of nitro benzene ring substituents is 1. The molecule has 1 aromatic heterocycles. The highest BCUT2D eigenvalue weighted by molar-refractivity contribution is 5.95. The molecule has 0 amide bonds. The molecule has 10 heteroatoms. The molecule has 3 rings (SSSR count). The van der Waals surface area contributed by atoms with E-state index in [1.165, 1.54) is 6.07 Å². The van der Waals surface area contributed by atoms with Crippen molar-refractivity contribution in [3.05, 3.63) is 39.6 Å². The Bertz CT molecular complexity index is 771. The molecule has 0 N–H and O–H groups in total. The first kappa shape index (κ1) is 14.8. The summed E-state index contributed by atoms with van der Waals surface area (Å²) in [5.41, 5.74) is -0.670. The topological polar surface area (TPSA) is 127 Å². The smallest absolute Gasteiger partial charge is 0.345 e. The number of nitrogens with zero attached hydrogens (tertiary/aromatic N) is 3. The van der Waals surface area contributed by atoms with Crippen LogP contribution >= 0.6 is 0 Å². The van der Waals surface area contributed by atoms with Gasteiger partial charge in [-0.15, -0.1) is 10.2 Å². The van der Waals surface area contributed by atoms with Gasteiger partial charge in [0.05, 0.1) is 11.0 Å². The Morgan fingerprint density at radius 3 is 2.61 bits per heavy atom. The first-order valence-corrected chi connectivity index (χ1v) is 6.58. The monoisotopic (exact) mass is 321 g/mol. The van der Waals surface area contributed by atoms with Crippen LogP contribution in [0, 0.1) is 17.0 Å². The first-order chi connectivity index (χ1) is 11.0. The Kier molecular flexibility index (Phi) is 3.79. The van der Waals surface area contributed by atoms with Crippen molar-refractivity contribution in [2.75, 3.05) is 13.2 Å². The van der Waals surface area contributed by atoms with Gasteiger partial charge in [-0.2, -0.15) is 0 Å². The van der Waals surface area contributed by atoms with Crippen molar-refractivity contribution in [3.63, 3.8) is 0 Å². The SMILES string of the molecule is Cc1nnc(COC(=O)c2cc3c(cc2[N+](=O)[O-])OCCO3)o1. The number of aromatic nitrogens is 2. The van der Waals surface area contributed by atoms with Crippen LogP contribution in [0.3, 0.4) is 0 Å². The van der Waals surface area contributed by atoms with Crippen molar-refractivity contribution in [3.8, 4) is 11.5 Å². The van der Waals surface area contributed by atoms with E-state index in [9.17, 15) is 14.9 Å². The van der Waals surface area contributed by atoms with Crippen LogP contribution < -0.4 is 9.47 Å². The number of fused-ring (bicyclic) bond motifs is 1. The third kappa shape index (κ3) is 3.05. The van der Waals surface area contributed by atoms with Gasteiger partial charge in [0, 0.05) is 13.0 Å². The zero-order chi connectivity index (χ0) is 16.4. The quantitative estimate of drug-likeness (QED) is 0.466. The maximum Gasteiger partial charge on any atom is 0.345 e. The molecule has 1 aromatic carbocycles. The summed E-state index contributed by atoms with van der Waals surface area (Å²) < 4.78 is 20.6. The number of benzene rings is 1. The molecule has 23 heavy (non-hydrogen) atoms. The summed E-state index contributed by atoms with van der Waals surface area (Å²) >= 11 is 0. The second kappa shape index (κ2) is 5.91. The Hall–Kier alpha value is -3.17. The number of carbonyl (C=O) groups is 1. The summed E-state index contributed by atoms with van der Waals surface area (Å²) in [4.78, 5) is 22.6. The van der Waals surface area contributed by atoms with E-state index < -0.39 is 16.6 Å². The van der Waals surface area contributed by atoms with E-state index >= 15 is 0 Å². The van der Waals surface area contributed by atoms with Gasteiger partial charge in [0.1, 0.15) is 18.8 Å². The highest BCUT2D eigenvalue weighted by Gasteiger charge is 2.27. The van der Waals surface area contributed by atoms with E-state index in [1.807, 2.05) is 0 Å². The lowest BCUT2D eigenvalue weighted by molar-refractivity contribution is -0.385. The second-order valence-corrected chi connectivity index (χ2v) is 4.56. The Morgan fingerprint density at radius 2 is 2.00 bits per heavy atom. The van der Waals surface area contributed by atoms with Crippen molar-refractivity contribution in [1.29, 1.82) is 0 Å². The van der Waals surface area contributed by atoms with Gasteiger partial charge < -0.3 is 18.6 Å². The molecule has 0 saturated heterocycles. The minimum absolute atomic E-state index is 0.0936. The van der Waals surface area contributed by atoms with E-state index in [1.54, 1.807) is 6.92 Å². The molecule has 0 spiro atoms. The molecule has 0 saturated carbocycles. The lowest BCUT2D eigenvalue weighted by Crippen LogP contribution is -2.17. The highest BCUT2D eigenvalue weighted by atomic mass is 16.6. The van der Waals surface area contributed by atoms with Crippen LogP contribution in [-0.4, -0.2) is 34.3 Å². The number of rotatable bonds is 4. The van der Waals surface area contributed by atoms with Crippen molar-refractivity contribution >= 4 is 11.7 Å². The number of carbonyl (C=O) groups excluding carboxylic acids is 1. The van der Waals surface area contributed by atoms with Crippen LogP contribution in [0.4, 0.5) is 5.69 Å². The van der Waals surface area contributed by atoms with Crippen LogP contribution in [0.5, 0.6) is 11.5 Å². The van der Waals surface area contributed by atoms with Gasteiger partial charge in [-0.1, -0.05) is 0 Å². The lowest BCUT2D eigenvalue weighted by Gasteiger charge is -2.18. The molecule has 2 heterocycles. The van der Waals surface area contributed by atoms with Gasteiger partial charge in [0.2, 0.25) is 5.89 Å². The maximum absolute atomic E-state index is 12.1. The van der Waals surface area contributed by atoms with Crippen LogP contribution in [0.15, 0.2) is 16.5 Å². The van der Waals surface area contributed by atoms with Crippen LogP contribution in [0.25, 0.3) is 0 Å². The minimum Gasteiger partial charge on any atom is -0.486 e. The average Bonchev–Trinajstić information content (AvgIpc) is 2.96. The lowest BCUT2D eigenvalue weighted by atomic mass is 10.1. The fourth-order valence-corrected chi connectivity index (χ4v) is 1.99. The molecule has 0 unspecified atom stereocenters. The summed E-state index contributed by atoms with van der Waals surface area (Å²) in [6.07, 6.45) is 0. The van der Waals surface area contributed by atoms with Gasteiger partial charge in [0.25, 0.3) is 11.6 Å². The zero-order valence-electron chi connectivity index (χ0n) is 12.0. The predicted molar refractivity (Wildman–Crippen MR) is 72.2 cm³/mol. The third-order valence-electron chi connectivity index (χ3n) is 2.97. The van der Waals surface area contributed by atoms with Crippen molar-refractivity contribution < 1.29 is 28.3 Å². The molecule has 120 valence electrons. The van der Waals surface area contributed by atoms with Gasteiger partial charge in [0.15, 0.2) is 18.1 Å². The molecule has 0 atom stereocenters. The fourth-order valence-electron chi connectivity index (χ4n) is 1.99. The second-order valence-electron chi connectivity index (χ2n) is 4.56. The van der Waals surface area contributed by atoms with Crippen LogP contribution in [0.1, 0.15) is 22.1 Å². The molecule has 2 aromatic rings. The van der Waals surface area contributed by atoms with Crippen LogP contribution in [-0.2, 0) is 11.3 Å². The van der Waals surface area contributed by atoms with Crippen molar-refractivity contribution in [2.45, 2.75) is 13.5 Å². The Labute approximate surface area is 129 Å². The van der Waals surface area contributed by atoms with Crippen LogP contribution in [0.2, 0.25) is 0 Å². The minimum atomic E-state index is -0.899. The molecular formula is C13H11N3O7. The zero-order valence-corrected chi connectivity index (χ0v) is 12.0. The highest BCUT2D eigenvalue weighted by Crippen LogP contribution is 2.36. The fraction of sp³-hybridized carbons (Fsp3) is 0.308. The van der Waals surface area contributed by atoms with E-state index in [0.29, 0.717) is 12.5 Å². The van der Waals surface area contributed by atoms with Crippen molar-refractivity contribution in [2.24, 2.45) is 0 Å². The van der Waals surface area contributed by atoms with Gasteiger partial charge >= 0.3 is 5.97 Å². The van der Waals surface area contributed by atoms with E-state index in [-0.39, 0.29) is 36.2 Å². The predicted octanol–water partition coefficient (Wildman–Crippen LogP) is 1.41. The standard InChI is InChI=1S/C13H11N3O7/c1-7-14-15-12(23-7)6-22-13(17)8-4-10-11(21-3-2-20-10)5-9(8)16(18)19/h4-5H,2-3,6H2,1H3. The summed E-state index contributed by atoms with van der Waals surface area (Å²) in [6, 6.07) is 2.37. The molecule has 10 nitrogen and oxygen atoms in total. The molecule has 1 aliphatic rings. The van der Waals surface area contributed by atoms with Gasteiger partial charge in [-0.3, -0.25) is 10.1 Å². The molecule has 1 aliphatic heterocycles. The molecule has 0 bridgehead atoms. The number of ether oxygens (including phenoxy) is 3. The Morgan fingerprint density at radius 1 is 1.30 bits per heavy atom. The number of hydrogen-bond donors (Lipinski definition) is 0. The summed E-state index contributed by atoms with van der Waals surface area (Å²) in [7, 11) is 0. The number of nitro groups is 1. The largest absolute Gasteiger partial charge is 0.486 e. The first-order valence-electron chi connectivity index (χ1n) is 6.58. The summed E-state index contributed by atoms with van der Waals surface area (Å²) in [5, 5.41) is 18.4. The number of aryl methyl sites for hydroxylation is 1. The number of hydrogen-bond acceptors (Lipinski definition) is 9. The van der Waals surface area contributed by atoms with E-state index in [2.05, 4.69) is 10.2 Å². The maximum atomic E-state index is 12.1. The van der Waals surface area contributed by atoms with E-state index in [4.69, 9.17) is 18.6 Å². The third-order valence-corrected chi connectivity index (χ3v) is 2.97. The summed E-state index contributed by atoms with van der Waals surface area (Å²) in [6.45, 7) is 1.88. The summed E-state index contributed by atoms with van der Waals surface area (Å²) in [5.74, 6) is -0.0172. The van der Waals surface area contributed by atoms with Gasteiger partial charge in [-0.25, -0.2) is 4.79 Å². The van der Waals surface area contributed by atoms with Gasteiger partial charge in [-0.05, 0) is 0 Å². The van der Waals surface area contributed by atoms with Crippen molar-refractivity contribution in [1.82, 2.24) is 10.2 Å². The van der Waals surface area contributed by atoms with E-state index in [0.717, 1.165) is 6.07 Å². The Balaban J connectivity index is 1.84. The molecule has 0 fully saturated rings. The molecule has 0 aliphatic carbocycles. The molecular weight excluding hydrogens is 310 g/mol.